The molecule has 0 bridgehead atoms. The third kappa shape index (κ3) is 5.50. The number of likely N-dealkylation sites (tertiary alicyclic amines) is 1. The number of hydrogen-bond donors (Lipinski definition) is 2. The molecular weight excluding hydrogens is 272 g/mol. The van der Waals surface area contributed by atoms with Crippen LogP contribution in [0, 0.1) is 5.92 Å². The molecular formula is C19H38N2O. The first-order chi connectivity index (χ1) is 10.6. The van der Waals surface area contributed by atoms with Crippen LogP contribution < -0.4 is 5.32 Å². The number of nitrogens with zero attached hydrogens (tertiary/aromatic N) is 1. The van der Waals surface area contributed by atoms with E-state index in [0.29, 0.717) is 18.0 Å². The number of aliphatic hydroxyl groups is 1. The van der Waals surface area contributed by atoms with Gasteiger partial charge < -0.3 is 10.4 Å². The Morgan fingerprint density at radius 3 is 2.41 bits per heavy atom. The normalized spacial score (nSPS) is 31.1. The van der Waals surface area contributed by atoms with Gasteiger partial charge in [0.15, 0.2) is 0 Å². The molecule has 1 saturated heterocycles. The Bertz CT molecular complexity index is 302. The van der Waals surface area contributed by atoms with Crippen LogP contribution in [0.2, 0.25) is 0 Å². The van der Waals surface area contributed by atoms with Gasteiger partial charge in [-0.2, -0.15) is 0 Å². The summed E-state index contributed by atoms with van der Waals surface area (Å²) in [6.45, 7) is 9.12. The van der Waals surface area contributed by atoms with E-state index in [2.05, 4.69) is 31.0 Å². The minimum atomic E-state index is -0.114. The quantitative estimate of drug-likeness (QED) is 0.755. The zero-order valence-electron chi connectivity index (χ0n) is 15.1. The lowest BCUT2D eigenvalue weighted by Gasteiger charge is -2.43. The monoisotopic (exact) mass is 310 g/mol. The first-order valence-electron chi connectivity index (χ1n) is 9.80. The van der Waals surface area contributed by atoms with Crippen LogP contribution in [0.1, 0.15) is 78.6 Å². The van der Waals surface area contributed by atoms with E-state index in [-0.39, 0.29) is 6.10 Å². The van der Waals surface area contributed by atoms with Gasteiger partial charge in [0.1, 0.15) is 0 Å². The molecule has 4 atom stereocenters. The molecule has 1 aliphatic carbocycles. The van der Waals surface area contributed by atoms with Gasteiger partial charge in [-0.1, -0.05) is 33.1 Å². The number of rotatable bonds is 7. The third-order valence-electron chi connectivity index (χ3n) is 5.93. The molecule has 0 amide bonds. The fraction of sp³-hybridized carbons (Fsp3) is 1.00. The molecule has 1 heterocycles. The van der Waals surface area contributed by atoms with E-state index in [1.807, 2.05) is 0 Å². The first kappa shape index (κ1) is 18.2. The van der Waals surface area contributed by atoms with Crippen molar-refractivity contribution in [3.63, 3.8) is 0 Å². The third-order valence-corrected chi connectivity index (χ3v) is 5.93. The summed E-state index contributed by atoms with van der Waals surface area (Å²) in [6.07, 6.45) is 11.2. The number of aliphatic hydroxyl groups excluding tert-OH is 1. The van der Waals surface area contributed by atoms with Gasteiger partial charge in [0.2, 0.25) is 0 Å². The van der Waals surface area contributed by atoms with Gasteiger partial charge in [-0.05, 0) is 51.4 Å². The standard InChI is InChI=1S/C19H38N2O/c1-4-15(3)21-13-16(12-19(22)5-2)11-18(14-21)20-17-9-7-6-8-10-17/h15-20,22H,4-14H2,1-3H3. The second kappa shape index (κ2) is 9.24. The average molecular weight is 311 g/mol. The minimum absolute atomic E-state index is 0.114. The highest BCUT2D eigenvalue weighted by Gasteiger charge is 2.31. The lowest BCUT2D eigenvalue weighted by Crippen LogP contribution is -2.54. The molecule has 22 heavy (non-hydrogen) atoms. The summed E-state index contributed by atoms with van der Waals surface area (Å²) >= 11 is 0. The van der Waals surface area contributed by atoms with Crippen molar-refractivity contribution in [1.82, 2.24) is 10.2 Å². The molecule has 2 N–H and O–H groups in total. The molecule has 1 aliphatic heterocycles. The zero-order chi connectivity index (χ0) is 15.9. The van der Waals surface area contributed by atoms with Crippen LogP contribution in [-0.2, 0) is 0 Å². The molecule has 0 spiro atoms. The highest BCUT2D eigenvalue weighted by atomic mass is 16.3. The van der Waals surface area contributed by atoms with Crippen molar-refractivity contribution in [1.29, 1.82) is 0 Å². The smallest absolute Gasteiger partial charge is 0.0540 e. The fourth-order valence-corrected chi connectivity index (χ4v) is 4.30. The van der Waals surface area contributed by atoms with Crippen LogP contribution in [0.4, 0.5) is 0 Å². The Kier molecular flexibility index (Phi) is 7.66. The molecule has 0 aromatic heterocycles. The Morgan fingerprint density at radius 1 is 1.05 bits per heavy atom. The van der Waals surface area contributed by atoms with E-state index in [9.17, 15) is 5.11 Å². The van der Waals surface area contributed by atoms with E-state index in [4.69, 9.17) is 0 Å². The van der Waals surface area contributed by atoms with Gasteiger partial charge in [-0.15, -0.1) is 0 Å². The summed E-state index contributed by atoms with van der Waals surface area (Å²) in [6, 6.07) is 2.03. The fourth-order valence-electron chi connectivity index (χ4n) is 4.30. The minimum Gasteiger partial charge on any atom is -0.393 e. The SMILES string of the molecule is CCC(O)CC1CC(NC2CCCCC2)CN(C(C)CC)C1. The maximum atomic E-state index is 10.1. The number of hydrogen-bond acceptors (Lipinski definition) is 3. The molecule has 2 rings (SSSR count). The van der Waals surface area contributed by atoms with Crippen LogP contribution >= 0.6 is 0 Å². The van der Waals surface area contributed by atoms with Crippen molar-refractivity contribution >= 4 is 0 Å². The first-order valence-corrected chi connectivity index (χ1v) is 9.80. The Hall–Kier alpha value is -0.120. The van der Waals surface area contributed by atoms with Crippen LogP contribution in [0.25, 0.3) is 0 Å². The van der Waals surface area contributed by atoms with Crippen molar-refractivity contribution in [3.8, 4) is 0 Å². The molecule has 3 nitrogen and oxygen atoms in total. The topological polar surface area (TPSA) is 35.5 Å². The molecule has 0 radical (unpaired) electrons. The Labute approximate surface area is 137 Å². The maximum Gasteiger partial charge on any atom is 0.0540 e. The van der Waals surface area contributed by atoms with E-state index in [1.54, 1.807) is 0 Å². The molecule has 1 saturated carbocycles. The molecule has 2 aliphatic rings. The van der Waals surface area contributed by atoms with Gasteiger partial charge in [0.05, 0.1) is 6.10 Å². The summed E-state index contributed by atoms with van der Waals surface area (Å²) in [5.74, 6) is 0.652. The van der Waals surface area contributed by atoms with Gasteiger partial charge >= 0.3 is 0 Å². The molecule has 3 heteroatoms. The van der Waals surface area contributed by atoms with Crippen LogP contribution in [0.5, 0.6) is 0 Å². The van der Waals surface area contributed by atoms with E-state index < -0.39 is 0 Å². The van der Waals surface area contributed by atoms with E-state index in [1.165, 1.54) is 58.0 Å². The van der Waals surface area contributed by atoms with Gasteiger partial charge in [0.25, 0.3) is 0 Å². The summed E-state index contributed by atoms with van der Waals surface area (Å²) in [5, 5.41) is 14.0. The zero-order valence-corrected chi connectivity index (χ0v) is 15.1. The lowest BCUT2D eigenvalue weighted by molar-refractivity contribution is 0.0605. The summed E-state index contributed by atoms with van der Waals surface area (Å²) in [4.78, 5) is 2.66. The summed E-state index contributed by atoms with van der Waals surface area (Å²) in [5.41, 5.74) is 0. The van der Waals surface area contributed by atoms with Crippen LogP contribution in [0.15, 0.2) is 0 Å². The van der Waals surface area contributed by atoms with Gasteiger partial charge in [-0.3, -0.25) is 4.90 Å². The predicted molar refractivity (Wildman–Crippen MR) is 94.1 cm³/mol. The van der Waals surface area contributed by atoms with E-state index in [0.717, 1.165) is 18.9 Å². The predicted octanol–water partition coefficient (Wildman–Crippen LogP) is 3.56. The van der Waals surface area contributed by atoms with Gasteiger partial charge in [0, 0.05) is 31.2 Å². The number of piperidine rings is 1. The van der Waals surface area contributed by atoms with Gasteiger partial charge in [-0.25, -0.2) is 0 Å². The van der Waals surface area contributed by atoms with Crippen molar-refractivity contribution in [2.45, 2.75) is 103 Å². The molecule has 130 valence electrons. The maximum absolute atomic E-state index is 10.1. The van der Waals surface area contributed by atoms with Crippen molar-refractivity contribution in [2.75, 3.05) is 13.1 Å². The Balaban J connectivity index is 1.91. The second-order valence-electron chi connectivity index (χ2n) is 7.81. The molecule has 4 unspecified atom stereocenters. The summed E-state index contributed by atoms with van der Waals surface area (Å²) < 4.78 is 0. The van der Waals surface area contributed by atoms with Crippen LogP contribution in [0.3, 0.4) is 0 Å². The summed E-state index contributed by atoms with van der Waals surface area (Å²) in [7, 11) is 0. The number of nitrogens with one attached hydrogen (secondary N) is 1. The highest BCUT2D eigenvalue weighted by Crippen LogP contribution is 2.26. The molecule has 0 aromatic rings. The van der Waals surface area contributed by atoms with Crippen molar-refractivity contribution in [2.24, 2.45) is 5.92 Å². The highest BCUT2D eigenvalue weighted by molar-refractivity contribution is 4.89. The van der Waals surface area contributed by atoms with Crippen molar-refractivity contribution in [3.05, 3.63) is 0 Å². The molecule has 2 fully saturated rings. The Morgan fingerprint density at radius 2 is 1.77 bits per heavy atom. The second-order valence-corrected chi connectivity index (χ2v) is 7.81. The van der Waals surface area contributed by atoms with E-state index >= 15 is 0 Å². The van der Waals surface area contributed by atoms with Crippen LogP contribution in [-0.4, -0.2) is 47.3 Å². The molecule has 0 aromatic carbocycles. The van der Waals surface area contributed by atoms with Crippen molar-refractivity contribution < 1.29 is 5.11 Å². The lowest BCUT2D eigenvalue weighted by atomic mass is 9.86. The average Bonchev–Trinajstić information content (AvgIpc) is 2.54. The largest absolute Gasteiger partial charge is 0.393 e.